The van der Waals surface area contributed by atoms with E-state index in [0.717, 1.165) is 0 Å². The van der Waals surface area contributed by atoms with Gasteiger partial charge >= 0.3 is 0 Å². The Kier molecular flexibility index (Phi) is 3.34. The van der Waals surface area contributed by atoms with Gasteiger partial charge in [0, 0.05) is 6.07 Å². The standard InChI is InChI=1S/C13H19N3O3/c1-8-11(17)15-10(13(2,3)4)12(18)16(8)7-9-5-6-14-19-9/h5-6,8,10H,7H2,1-4H3,(H,15,17). The Bertz CT molecular complexity index is 476. The third kappa shape index (κ3) is 2.62. The number of nitrogens with zero attached hydrogens (tertiary/aromatic N) is 2. The van der Waals surface area contributed by atoms with E-state index < -0.39 is 12.1 Å². The van der Waals surface area contributed by atoms with E-state index >= 15 is 0 Å². The molecule has 6 heteroatoms. The first-order valence-electron chi connectivity index (χ1n) is 6.31. The van der Waals surface area contributed by atoms with E-state index in [2.05, 4.69) is 10.5 Å². The molecule has 0 spiro atoms. The minimum atomic E-state index is -0.515. The molecule has 0 saturated carbocycles. The number of nitrogens with one attached hydrogen (secondary N) is 1. The van der Waals surface area contributed by atoms with Crippen molar-refractivity contribution < 1.29 is 14.1 Å². The van der Waals surface area contributed by atoms with Crippen molar-refractivity contribution in [2.75, 3.05) is 0 Å². The number of aromatic nitrogens is 1. The van der Waals surface area contributed by atoms with Crippen molar-refractivity contribution in [1.29, 1.82) is 0 Å². The highest BCUT2D eigenvalue weighted by molar-refractivity contribution is 5.97. The van der Waals surface area contributed by atoms with E-state index in [4.69, 9.17) is 4.52 Å². The van der Waals surface area contributed by atoms with Crippen molar-refractivity contribution in [3.8, 4) is 0 Å². The van der Waals surface area contributed by atoms with E-state index in [1.165, 1.54) is 11.1 Å². The topological polar surface area (TPSA) is 75.4 Å². The molecule has 2 rings (SSSR count). The summed E-state index contributed by atoms with van der Waals surface area (Å²) in [7, 11) is 0. The van der Waals surface area contributed by atoms with Crippen molar-refractivity contribution in [3.63, 3.8) is 0 Å². The molecule has 1 aliphatic rings. The molecule has 1 fully saturated rings. The molecule has 19 heavy (non-hydrogen) atoms. The molecule has 1 saturated heterocycles. The van der Waals surface area contributed by atoms with Crippen molar-refractivity contribution in [3.05, 3.63) is 18.0 Å². The number of hydrogen-bond donors (Lipinski definition) is 1. The summed E-state index contributed by atoms with van der Waals surface area (Å²) in [5, 5.41) is 6.40. The normalized spacial score (nSPS) is 24.5. The highest BCUT2D eigenvalue weighted by Crippen LogP contribution is 2.26. The maximum Gasteiger partial charge on any atom is 0.246 e. The van der Waals surface area contributed by atoms with Crippen LogP contribution >= 0.6 is 0 Å². The first kappa shape index (κ1) is 13.6. The molecule has 0 bridgehead atoms. The number of hydrogen-bond acceptors (Lipinski definition) is 4. The van der Waals surface area contributed by atoms with Crippen molar-refractivity contribution in [2.45, 2.75) is 46.3 Å². The predicted octanol–water partition coefficient (Wildman–Crippen LogP) is 0.936. The van der Waals surface area contributed by atoms with E-state index in [1.54, 1.807) is 13.0 Å². The van der Waals surface area contributed by atoms with Crippen LogP contribution in [-0.4, -0.2) is 34.0 Å². The van der Waals surface area contributed by atoms with Crippen LogP contribution in [0, 0.1) is 5.41 Å². The summed E-state index contributed by atoms with van der Waals surface area (Å²) in [6.07, 6.45) is 1.52. The van der Waals surface area contributed by atoms with Gasteiger partial charge < -0.3 is 14.7 Å². The molecule has 2 unspecified atom stereocenters. The fourth-order valence-corrected chi connectivity index (χ4v) is 2.12. The first-order chi connectivity index (χ1) is 8.80. The van der Waals surface area contributed by atoms with Crippen LogP contribution in [0.5, 0.6) is 0 Å². The van der Waals surface area contributed by atoms with Crippen molar-refractivity contribution >= 4 is 11.8 Å². The molecule has 1 N–H and O–H groups in total. The number of rotatable bonds is 2. The molecule has 2 heterocycles. The average molecular weight is 265 g/mol. The molecule has 0 aliphatic carbocycles. The Morgan fingerprint density at radius 2 is 2.11 bits per heavy atom. The minimum Gasteiger partial charge on any atom is -0.360 e. The van der Waals surface area contributed by atoms with Crippen LogP contribution in [0.4, 0.5) is 0 Å². The lowest BCUT2D eigenvalue weighted by molar-refractivity contribution is -0.152. The van der Waals surface area contributed by atoms with Gasteiger partial charge in [-0.25, -0.2) is 0 Å². The van der Waals surface area contributed by atoms with E-state index in [-0.39, 0.29) is 23.8 Å². The summed E-state index contributed by atoms with van der Waals surface area (Å²) in [5.74, 6) is 0.345. The molecule has 0 radical (unpaired) electrons. The number of amides is 2. The third-order valence-electron chi connectivity index (χ3n) is 3.35. The second-order valence-electron chi connectivity index (χ2n) is 5.93. The summed E-state index contributed by atoms with van der Waals surface area (Å²) in [6.45, 7) is 7.76. The van der Waals surface area contributed by atoms with Crippen molar-refractivity contribution in [1.82, 2.24) is 15.4 Å². The highest BCUT2D eigenvalue weighted by atomic mass is 16.5. The quantitative estimate of drug-likeness (QED) is 0.863. The molecule has 6 nitrogen and oxygen atoms in total. The number of piperazine rings is 1. The molecule has 1 aromatic rings. The first-order valence-corrected chi connectivity index (χ1v) is 6.31. The number of carbonyl (C=O) groups is 2. The van der Waals surface area contributed by atoms with Crippen LogP contribution in [0.25, 0.3) is 0 Å². The largest absolute Gasteiger partial charge is 0.360 e. The Labute approximate surface area is 112 Å². The van der Waals surface area contributed by atoms with Gasteiger partial charge in [-0.3, -0.25) is 9.59 Å². The molecule has 2 atom stereocenters. The van der Waals surface area contributed by atoms with Gasteiger partial charge in [0.1, 0.15) is 12.1 Å². The molecular weight excluding hydrogens is 246 g/mol. The van der Waals surface area contributed by atoms with Crippen LogP contribution in [0.3, 0.4) is 0 Å². The van der Waals surface area contributed by atoms with Crippen LogP contribution in [0.1, 0.15) is 33.5 Å². The van der Waals surface area contributed by atoms with Crippen LogP contribution in [0.2, 0.25) is 0 Å². The SMILES string of the molecule is CC1C(=O)NC(C(C)(C)C)C(=O)N1Cc1ccno1. The lowest BCUT2D eigenvalue weighted by atomic mass is 9.84. The van der Waals surface area contributed by atoms with Crippen LogP contribution in [-0.2, 0) is 16.1 Å². The Morgan fingerprint density at radius 1 is 1.42 bits per heavy atom. The molecule has 104 valence electrons. The fraction of sp³-hybridized carbons (Fsp3) is 0.615. The summed E-state index contributed by atoms with van der Waals surface area (Å²) in [6, 6.07) is 0.675. The highest BCUT2D eigenvalue weighted by Gasteiger charge is 2.43. The van der Waals surface area contributed by atoms with Gasteiger partial charge in [-0.2, -0.15) is 0 Å². The van der Waals surface area contributed by atoms with E-state index in [0.29, 0.717) is 5.76 Å². The monoisotopic (exact) mass is 265 g/mol. The van der Waals surface area contributed by atoms with Gasteiger partial charge in [-0.1, -0.05) is 25.9 Å². The third-order valence-corrected chi connectivity index (χ3v) is 3.35. The molecule has 1 aromatic heterocycles. The second-order valence-corrected chi connectivity index (χ2v) is 5.93. The summed E-state index contributed by atoms with van der Waals surface area (Å²) < 4.78 is 5.01. The zero-order valence-electron chi connectivity index (χ0n) is 11.6. The minimum absolute atomic E-state index is 0.0870. The summed E-state index contributed by atoms with van der Waals surface area (Å²) >= 11 is 0. The predicted molar refractivity (Wildman–Crippen MR) is 67.9 cm³/mol. The molecule has 1 aliphatic heterocycles. The van der Waals surface area contributed by atoms with Gasteiger partial charge in [0.25, 0.3) is 0 Å². The zero-order valence-corrected chi connectivity index (χ0v) is 11.6. The molecule has 0 aromatic carbocycles. The fourth-order valence-electron chi connectivity index (χ4n) is 2.12. The second kappa shape index (κ2) is 4.68. The maximum atomic E-state index is 12.5. The Balaban J connectivity index is 2.24. The van der Waals surface area contributed by atoms with Gasteiger partial charge in [0.2, 0.25) is 11.8 Å². The van der Waals surface area contributed by atoms with E-state index in [1.807, 2.05) is 20.8 Å². The summed E-state index contributed by atoms with van der Waals surface area (Å²) in [5.41, 5.74) is -0.327. The molecular formula is C13H19N3O3. The maximum absolute atomic E-state index is 12.5. The average Bonchev–Trinajstić information content (AvgIpc) is 2.80. The van der Waals surface area contributed by atoms with Crippen LogP contribution < -0.4 is 5.32 Å². The van der Waals surface area contributed by atoms with Gasteiger partial charge in [-0.05, 0) is 12.3 Å². The van der Waals surface area contributed by atoms with Gasteiger partial charge in [0.05, 0.1) is 12.7 Å². The van der Waals surface area contributed by atoms with E-state index in [9.17, 15) is 9.59 Å². The Morgan fingerprint density at radius 3 is 2.63 bits per heavy atom. The van der Waals surface area contributed by atoms with Crippen molar-refractivity contribution in [2.24, 2.45) is 5.41 Å². The lowest BCUT2D eigenvalue weighted by Gasteiger charge is -2.41. The molecule has 2 amide bonds. The lowest BCUT2D eigenvalue weighted by Crippen LogP contribution is -2.65. The summed E-state index contributed by atoms with van der Waals surface area (Å²) in [4.78, 5) is 26.0. The number of carbonyl (C=O) groups excluding carboxylic acids is 2. The van der Waals surface area contributed by atoms with Gasteiger partial charge in [-0.15, -0.1) is 0 Å². The van der Waals surface area contributed by atoms with Gasteiger partial charge in [0.15, 0.2) is 5.76 Å². The van der Waals surface area contributed by atoms with Crippen LogP contribution in [0.15, 0.2) is 16.8 Å². The Hall–Kier alpha value is -1.85. The smallest absolute Gasteiger partial charge is 0.246 e. The zero-order chi connectivity index (χ0) is 14.2.